The first-order valence-corrected chi connectivity index (χ1v) is 8.44. The number of halogens is 2. The summed E-state index contributed by atoms with van der Waals surface area (Å²) < 4.78 is 2.14. The molecule has 0 fully saturated rings. The number of imidazole rings is 1. The lowest BCUT2D eigenvalue weighted by Crippen LogP contribution is -2.21. The molecule has 0 bridgehead atoms. The van der Waals surface area contributed by atoms with E-state index in [-0.39, 0.29) is 5.41 Å². The van der Waals surface area contributed by atoms with Crippen LogP contribution in [0, 0.1) is 5.41 Å². The van der Waals surface area contributed by atoms with Crippen LogP contribution in [0.25, 0.3) is 11.2 Å². The summed E-state index contributed by atoms with van der Waals surface area (Å²) in [4.78, 5) is 9.00. The molecular formula is C16H23Cl2N3. The molecule has 0 radical (unpaired) electrons. The van der Waals surface area contributed by atoms with E-state index in [1.807, 2.05) is 6.07 Å². The van der Waals surface area contributed by atoms with Crippen molar-refractivity contribution < 1.29 is 0 Å². The van der Waals surface area contributed by atoms with Crippen LogP contribution in [-0.4, -0.2) is 14.5 Å². The fourth-order valence-electron chi connectivity index (χ4n) is 2.66. The molecule has 0 aromatic carbocycles. The number of hydrogen-bond acceptors (Lipinski definition) is 2. The molecule has 2 heterocycles. The van der Waals surface area contributed by atoms with Crippen LogP contribution in [0.5, 0.6) is 0 Å². The van der Waals surface area contributed by atoms with Gasteiger partial charge in [-0.1, -0.05) is 51.6 Å². The number of fused-ring (bicyclic) bond motifs is 1. The van der Waals surface area contributed by atoms with E-state index in [2.05, 4.69) is 35.3 Å². The Morgan fingerprint density at radius 1 is 1.29 bits per heavy atom. The Hall–Kier alpha value is -0.800. The summed E-state index contributed by atoms with van der Waals surface area (Å²) in [6.45, 7) is 7.70. The molecule has 3 nitrogen and oxygen atoms in total. The second-order valence-electron chi connectivity index (χ2n) is 6.37. The molecule has 0 atom stereocenters. The summed E-state index contributed by atoms with van der Waals surface area (Å²) in [6.07, 6.45) is 6.65. The second-order valence-corrected chi connectivity index (χ2v) is 7.07. The Balaban J connectivity index is 2.27. The van der Waals surface area contributed by atoms with Crippen molar-refractivity contribution >= 4 is 34.4 Å². The van der Waals surface area contributed by atoms with Gasteiger partial charge in [-0.3, -0.25) is 0 Å². The summed E-state index contributed by atoms with van der Waals surface area (Å²) in [5.74, 6) is 1.25. The van der Waals surface area contributed by atoms with E-state index in [0.29, 0.717) is 10.9 Å². The van der Waals surface area contributed by atoms with Gasteiger partial charge < -0.3 is 4.57 Å². The van der Waals surface area contributed by atoms with Crippen molar-refractivity contribution in [3.05, 3.63) is 23.1 Å². The number of aromatic nitrogens is 3. The zero-order valence-corrected chi connectivity index (χ0v) is 14.5. The van der Waals surface area contributed by atoms with Gasteiger partial charge in [0.05, 0.1) is 10.9 Å². The standard InChI is InChI=1S/C16H23Cl2N3/c1-4-5-6-7-16(2,3)11-21-14(9-17)20-13-8-12(18)10-19-15(13)21/h8,10H,4-7,9,11H2,1-3H3. The van der Waals surface area contributed by atoms with Crippen LogP contribution in [0.2, 0.25) is 5.02 Å². The van der Waals surface area contributed by atoms with E-state index in [9.17, 15) is 0 Å². The monoisotopic (exact) mass is 327 g/mol. The lowest BCUT2D eigenvalue weighted by molar-refractivity contribution is 0.272. The zero-order chi connectivity index (χ0) is 15.5. The predicted molar refractivity (Wildman–Crippen MR) is 90.0 cm³/mol. The predicted octanol–water partition coefficient (Wildman–Crippen LogP) is 5.43. The van der Waals surface area contributed by atoms with Gasteiger partial charge in [0.1, 0.15) is 11.3 Å². The number of unbranched alkanes of at least 4 members (excludes halogenated alkanes) is 2. The molecule has 0 aliphatic rings. The molecule has 2 aromatic heterocycles. The molecule has 116 valence electrons. The second kappa shape index (κ2) is 6.97. The molecule has 0 saturated heterocycles. The van der Waals surface area contributed by atoms with Crippen molar-refractivity contribution in [2.75, 3.05) is 0 Å². The van der Waals surface area contributed by atoms with Crippen LogP contribution in [0.15, 0.2) is 12.3 Å². The molecule has 0 spiro atoms. The molecular weight excluding hydrogens is 305 g/mol. The summed E-state index contributed by atoms with van der Waals surface area (Å²) in [6, 6.07) is 1.85. The van der Waals surface area contributed by atoms with Crippen LogP contribution in [0.3, 0.4) is 0 Å². The van der Waals surface area contributed by atoms with E-state index in [1.54, 1.807) is 6.20 Å². The highest BCUT2D eigenvalue weighted by Gasteiger charge is 2.22. The highest BCUT2D eigenvalue weighted by atomic mass is 35.5. The normalized spacial score (nSPS) is 12.2. The lowest BCUT2D eigenvalue weighted by atomic mass is 9.86. The Morgan fingerprint density at radius 2 is 2.05 bits per heavy atom. The van der Waals surface area contributed by atoms with Crippen LogP contribution < -0.4 is 0 Å². The minimum Gasteiger partial charge on any atom is -0.311 e. The van der Waals surface area contributed by atoms with Crippen LogP contribution in [0.4, 0.5) is 0 Å². The van der Waals surface area contributed by atoms with Gasteiger partial charge in [-0.25, -0.2) is 9.97 Å². The average Bonchev–Trinajstić information content (AvgIpc) is 2.75. The van der Waals surface area contributed by atoms with Gasteiger partial charge in [-0.2, -0.15) is 0 Å². The largest absolute Gasteiger partial charge is 0.311 e. The molecule has 0 N–H and O–H groups in total. The maximum Gasteiger partial charge on any atom is 0.160 e. The summed E-state index contributed by atoms with van der Waals surface area (Å²) >= 11 is 12.1. The minimum atomic E-state index is 0.199. The molecule has 0 aliphatic carbocycles. The highest BCUT2D eigenvalue weighted by molar-refractivity contribution is 6.31. The molecule has 2 aromatic rings. The van der Waals surface area contributed by atoms with Gasteiger partial charge in [-0.15, -0.1) is 11.6 Å². The van der Waals surface area contributed by atoms with Crippen LogP contribution in [0.1, 0.15) is 52.3 Å². The molecule has 2 rings (SSSR count). The SMILES string of the molecule is CCCCCC(C)(C)Cn1c(CCl)nc2cc(Cl)cnc21. The Morgan fingerprint density at radius 3 is 2.71 bits per heavy atom. The number of nitrogens with zero attached hydrogens (tertiary/aromatic N) is 3. The maximum atomic E-state index is 6.05. The fourth-order valence-corrected chi connectivity index (χ4v) is 3.02. The van der Waals surface area contributed by atoms with Gasteiger partial charge in [0.2, 0.25) is 0 Å². The third-order valence-electron chi connectivity index (χ3n) is 3.79. The molecule has 0 saturated carbocycles. The quantitative estimate of drug-likeness (QED) is 0.501. The summed E-state index contributed by atoms with van der Waals surface area (Å²) in [5.41, 5.74) is 1.89. The van der Waals surface area contributed by atoms with Crippen LogP contribution in [-0.2, 0) is 12.4 Å². The third kappa shape index (κ3) is 4.10. The van der Waals surface area contributed by atoms with Crippen molar-refractivity contribution in [1.29, 1.82) is 0 Å². The zero-order valence-electron chi connectivity index (χ0n) is 13.0. The Bertz CT molecular complexity index is 605. The molecule has 0 aliphatic heterocycles. The molecule has 21 heavy (non-hydrogen) atoms. The number of hydrogen-bond donors (Lipinski definition) is 0. The van der Waals surface area contributed by atoms with E-state index >= 15 is 0 Å². The van der Waals surface area contributed by atoms with Crippen LogP contribution >= 0.6 is 23.2 Å². The van der Waals surface area contributed by atoms with Gasteiger partial charge in [0.25, 0.3) is 0 Å². The number of alkyl halides is 1. The van der Waals surface area contributed by atoms with Gasteiger partial charge in [-0.05, 0) is 17.9 Å². The van der Waals surface area contributed by atoms with Crippen molar-refractivity contribution in [2.24, 2.45) is 5.41 Å². The highest BCUT2D eigenvalue weighted by Crippen LogP contribution is 2.29. The average molecular weight is 328 g/mol. The van der Waals surface area contributed by atoms with Crippen molar-refractivity contribution in [3.8, 4) is 0 Å². The summed E-state index contributed by atoms with van der Waals surface area (Å²) in [5, 5.41) is 0.607. The van der Waals surface area contributed by atoms with E-state index < -0.39 is 0 Å². The van der Waals surface area contributed by atoms with E-state index in [0.717, 1.165) is 23.5 Å². The van der Waals surface area contributed by atoms with E-state index in [1.165, 1.54) is 25.7 Å². The maximum absolute atomic E-state index is 6.05. The molecule has 0 unspecified atom stereocenters. The smallest absolute Gasteiger partial charge is 0.160 e. The number of pyridine rings is 1. The van der Waals surface area contributed by atoms with E-state index in [4.69, 9.17) is 23.2 Å². The topological polar surface area (TPSA) is 30.7 Å². The first-order valence-electron chi connectivity index (χ1n) is 7.53. The minimum absolute atomic E-state index is 0.199. The van der Waals surface area contributed by atoms with Gasteiger partial charge >= 0.3 is 0 Å². The first-order chi connectivity index (χ1) is 9.96. The molecule has 0 amide bonds. The summed E-state index contributed by atoms with van der Waals surface area (Å²) in [7, 11) is 0. The number of rotatable bonds is 7. The van der Waals surface area contributed by atoms with Crippen molar-refractivity contribution in [3.63, 3.8) is 0 Å². The first kappa shape index (κ1) is 16.6. The Labute approximate surface area is 136 Å². The van der Waals surface area contributed by atoms with Crippen molar-refractivity contribution in [1.82, 2.24) is 14.5 Å². The lowest BCUT2D eigenvalue weighted by Gasteiger charge is -2.26. The third-order valence-corrected chi connectivity index (χ3v) is 4.24. The van der Waals surface area contributed by atoms with Gasteiger partial charge in [0.15, 0.2) is 5.65 Å². The van der Waals surface area contributed by atoms with Crippen molar-refractivity contribution in [2.45, 2.75) is 58.9 Å². The fraction of sp³-hybridized carbons (Fsp3) is 0.625. The van der Waals surface area contributed by atoms with Gasteiger partial charge in [0, 0.05) is 12.7 Å². The molecule has 5 heteroatoms. The Kier molecular flexibility index (Phi) is 5.50.